The van der Waals surface area contributed by atoms with E-state index in [9.17, 15) is 18.0 Å². The molecule has 0 spiro atoms. The van der Waals surface area contributed by atoms with Crippen LogP contribution in [0.15, 0.2) is 59.5 Å². The third-order valence-corrected chi connectivity index (χ3v) is 6.20. The monoisotopic (exact) mass is 403 g/mol. The molecule has 8 heteroatoms. The quantitative estimate of drug-likeness (QED) is 0.670. The molecule has 0 fully saturated rings. The Bertz CT molecular complexity index is 893. The Morgan fingerprint density at radius 3 is 2.07 bits per heavy atom. The number of benzene rings is 2. The summed E-state index contributed by atoms with van der Waals surface area (Å²) in [5.74, 6) is -0.636. The molecular weight excluding hydrogens is 378 g/mol. The van der Waals surface area contributed by atoms with Crippen LogP contribution in [0.3, 0.4) is 0 Å². The van der Waals surface area contributed by atoms with Crippen molar-refractivity contribution in [3.8, 4) is 0 Å². The number of rotatable bonds is 9. The first kappa shape index (κ1) is 21.6. The van der Waals surface area contributed by atoms with E-state index < -0.39 is 10.0 Å². The first-order valence-electron chi connectivity index (χ1n) is 9.07. The van der Waals surface area contributed by atoms with Crippen molar-refractivity contribution in [2.45, 2.75) is 25.2 Å². The molecule has 150 valence electrons. The second-order valence-corrected chi connectivity index (χ2v) is 8.04. The van der Waals surface area contributed by atoms with Gasteiger partial charge in [0, 0.05) is 18.8 Å². The van der Waals surface area contributed by atoms with Crippen molar-refractivity contribution in [1.82, 2.24) is 9.62 Å². The van der Waals surface area contributed by atoms with E-state index in [1.807, 2.05) is 30.3 Å². The molecule has 28 heavy (non-hydrogen) atoms. The first-order chi connectivity index (χ1) is 13.4. The van der Waals surface area contributed by atoms with Crippen LogP contribution in [0.25, 0.3) is 0 Å². The molecule has 0 unspecified atom stereocenters. The molecule has 0 aliphatic rings. The summed E-state index contributed by atoms with van der Waals surface area (Å²) in [6.45, 7) is 4.18. The van der Waals surface area contributed by atoms with Crippen molar-refractivity contribution in [3.63, 3.8) is 0 Å². The number of sulfonamides is 1. The number of nitrogens with zero attached hydrogens (tertiary/aromatic N) is 1. The molecule has 2 amide bonds. The molecule has 2 aromatic carbocycles. The number of anilines is 1. The highest BCUT2D eigenvalue weighted by Gasteiger charge is 2.21. The summed E-state index contributed by atoms with van der Waals surface area (Å²) in [7, 11) is -3.53. The summed E-state index contributed by atoms with van der Waals surface area (Å²) in [4.78, 5) is 24.1. The zero-order chi connectivity index (χ0) is 20.6. The second-order valence-electron chi connectivity index (χ2n) is 6.10. The Hall–Kier alpha value is -2.71. The summed E-state index contributed by atoms with van der Waals surface area (Å²) in [5.41, 5.74) is 1.33. The molecule has 0 saturated heterocycles. The van der Waals surface area contributed by atoms with E-state index in [1.165, 1.54) is 28.6 Å². The third kappa shape index (κ3) is 5.90. The molecule has 0 aliphatic heterocycles. The maximum atomic E-state index is 12.4. The van der Waals surface area contributed by atoms with Crippen LogP contribution >= 0.6 is 0 Å². The predicted molar refractivity (Wildman–Crippen MR) is 108 cm³/mol. The van der Waals surface area contributed by atoms with Gasteiger partial charge >= 0.3 is 0 Å². The maximum Gasteiger partial charge on any atom is 0.243 e. The molecule has 0 heterocycles. The van der Waals surface area contributed by atoms with E-state index in [4.69, 9.17) is 0 Å². The highest BCUT2D eigenvalue weighted by Crippen LogP contribution is 2.18. The van der Waals surface area contributed by atoms with Gasteiger partial charge in [-0.1, -0.05) is 44.2 Å². The van der Waals surface area contributed by atoms with Gasteiger partial charge in [0.05, 0.1) is 17.9 Å². The Morgan fingerprint density at radius 1 is 0.893 bits per heavy atom. The molecule has 2 aromatic rings. The Morgan fingerprint density at radius 2 is 1.50 bits per heavy atom. The SMILES string of the molecule is CCN(CC)S(=O)(=O)c1ccc(NC(=O)CNC(=O)Cc2ccccc2)cc1. The number of carbonyl (C=O) groups is 2. The largest absolute Gasteiger partial charge is 0.347 e. The van der Waals surface area contributed by atoms with E-state index >= 15 is 0 Å². The van der Waals surface area contributed by atoms with Crippen molar-refractivity contribution in [2.75, 3.05) is 25.0 Å². The van der Waals surface area contributed by atoms with Gasteiger partial charge < -0.3 is 10.6 Å². The fraction of sp³-hybridized carbons (Fsp3) is 0.300. The fourth-order valence-corrected chi connectivity index (χ4v) is 4.11. The number of amides is 2. The molecule has 0 aromatic heterocycles. The number of carbonyl (C=O) groups excluding carboxylic acids is 2. The lowest BCUT2D eigenvalue weighted by Crippen LogP contribution is -2.33. The molecule has 0 atom stereocenters. The van der Waals surface area contributed by atoms with Gasteiger partial charge in [0.15, 0.2) is 0 Å². The van der Waals surface area contributed by atoms with Crippen molar-refractivity contribution >= 4 is 27.5 Å². The topological polar surface area (TPSA) is 95.6 Å². The number of hydrogen-bond acceptors (Lipinski definition) is 4. The third-order valence-electron chi connectivity index (χ3n) is 4.13. The minimum Gasteiger partial charge on any atom is -0.347 e. The van der Waals surface area contributed by atoms with Gasteiger partial charge in [0.25, 0.3) is 0 Å². The van der Waals surface area contributed by atoms with Crippen molar-refractivity contribution < 1.29 is 18.0 Å². The minimum atomic E-state index is -3.53. The van der Waals surface area contributed by atoms with Gasteiger partial charge in [-0.15, -0.1) is 0 Å². The summed E-state index contributed by atoms with van der Waals surface area (Å²) >= 11 is 0. The average Bonchev–Trinajstić information content (AvgIpc) is 2.68. The summed E-state index contributed by atoms with van der Waals surface area (Å²) in [6.07, 6.45) is 0.200. The van der Waals surface area contributed by atoms with Gasteiger partial charge in [-0.2, -0.15) is 4.31 Å². The van der Waals surface area contributed by atoms with Crippen LogP contribution in [-0.2, 0) is 26.0 Å². The summed E-state index contributed by atoms with van der Waals surface area (Å²) < 4.78 is 26.3. The molecule has 0 aliphatic carbocycles. The van der Waals surface area contributed by atoms with E-state index in [0.29, 0.717) is 18.8 Å². The normalized spacial score (nSPS) is 11.2. The smallest absolute Gasteiger partial charge is 0.243 e. The summed E-state index contributed by atoms with van der Waals surface area (Å²) in [5, 5.41) is 5.20. The molecule has 0 saturated carbocycles. The molecule has 0 bridgehead atoms. The van der Waals surface area contributed by atoms with Gasteiger partial charge in [-0.05, 0) is 29.8 Å². The Labute approximate surface area is 165 Å². The van der Waals surface area contributed by atoms with Crippen LogP contribution in [0, 0.1) is 0 Å². The van der Waals surface area contributed by atoms with Crippen LogP contribution in [0.5, 0.6) is 0 Å². The molecule has 2 rings (SSSR count). The lowest BCUT2D eigenvalue weighted by molar-refractivity contribution is -0.123. The standard InChI is InChI=1S/C20H25N3O4S/c1-3-23(4-2)28(26,27)18-12-10-17(11-13-18)22-20(25)15-21-19(24)14-16-8-6-5-7-9-16/h5-13H,3-4,14-15H2,1-2H3,(H,21,24)(H,22,25). The van der Waals surface area contributed by atoms with E-state index in [0.717, 1.165) is 5.56 Å². The fourth-order valence-electron chi connectivity index (χ4n) is 2.65. The van der Waals surface area contributed by atoms with E-state index in [-0.39, 0.29) is 29.7 Å². The molecule has 2 N–H and O–H groups in total. The van der Waals surface area contributed by atoms with Crippen molar-refractivity contribution in [3.05, 3.63) is 60.2 Å². The van der Waals surface area contributed by atoms with Gasteiger partial charge in [-0.3, -0.25) is 9.59 Å². The molecule has 7 nitrogen and oxygen atoms in total. The van der Waals surface area contributed by atoms with Crippen LogP contribution in [0.1, 0.15) is 19.4 Å². The van der Waals surface area contributed by atoms with Crippen LogP contribution in [0.2, 0.25) is 0 Å². The van der Waals surface area contributed by atoms with Crippen molar-refractivity contribution in [1.29, 1.82) is 0 Å². The highest BCUT2D eigenvalue weighted by molar-refractivity contribution is 7.89. The lowest BCUT2D eigenvalue weighted by atomic mass is 10.1. The lowest BCUT2D eigenvalue weighted by Gasteiger charge is -2.18. The number of hydrogen-bond donors (Lipinski definition) is 2. The van der Waals surface area contributed by atoms with Gasteiger partial charge in [-0.25, -0.2) is 8.42 Å². The second kappa shape index (κ2) is 10.0. The highest BCUT2D eigenvalue weighted by atomic mass is 32.2. The zero-order valence-corrected chi connectivity index (χ0v) is 16.8. The number of nitrogens with one attached hydrogen (secondary N) is 2. The van der Waals surface area contributed by atoms with Crippen molar-refractivity contribution in [2.24, 2.45) is 0 Å². The minimum absolute atomic E-state index is 0.162. The zero-order valence-electron chi connectivity index (χ0n) is 16.0. The van der Waals surface area contributed by atoms with Gasteiger partial charge in [0.2, 0.25) is 21.8 Å². The average molecular weight is 404 g/mol. The Kier molecular flexibility index (Phi) is 7.71. The van der Waals surface area contributed by atoms with Gasteiger partial charge in [0.1, 0.15) is 0 Å². The predicted octanol–water partition coefficient (Wildman–Crippen LogP) is 2.01. The van der Waals surface area contributed by atoms with Crippen LogP contribution in [-0.4, -0.2) is 44.2 Å². The van der Waals surface area contributed by atoms with Crippen LogP contribution in [0.4, 0.5) is 5.69 Å². The van der Waals surface area contributed by atoms with Crippen LogP contribution < -0.4 is 10.6 Å². The van der Waals surface area contributed by atoms with E-state index in [1.54, 1.807) is 13.8 Å². The van der Waals surface area contributed by atoms with E-state index in [2.05, 4.69) is 10.6 Å². The summed E-state index contributed by atoms with van der Waals surface area (Å²) in [6, 6.07) is 15.2. The first-order valence-corrected chi connectivity index (χ1v) is 10.5. The Balaban J connectivity index is 1.88. The maximum absolute atomic E-state index is 12.4. The molecule has 0 radical (unpaired) electrons. The molecular formula is C20H25N3O4S.